The summed E-state index contributed by atoms with van der Waals surface area (Å²) in [6.45, 7) is 1.64. The Labute approximate surface area is 135 Å². The average Bonchev–Trinajstić information content (AvgIpc) is 2.81. The van der Waals surface area contributed by atoms with Crippen LogP contribution in [0, 0.1) is 0 Å². The van der Waals surface area contributed by atoms with Crippen molar-refractivity contribution in [1.29, 1.82) is 0 Å². The third-order valence-corrected chi connectivity index (χ3v) is 5.32. The first-order valence-corrected chi connectivity index (χ1v) is 8.51. The number of hydrogen-bond donors (Lipinski definition) is 2. The molecule has 0 aromatic carbocycles. The highest BCUT2D eigenvalue weighted by Gasteiger charge is 2.33. The first kappa shape index (κ1) is 17.0. The number of thiophene rings is 1. The van der Waals surface area contributed by atoms with Crippen molar-refractivity contribution in [3.8, 4) is 0 Å². The second kappa shape index (κ2) is 7.24. The maximum absolute atomic E-state index is 12.5. The van der Waals surface area contributed by atoms with Crippen molar-refractivity contribution >= 4 is 23.2 Å². The van der Waals surface area contributed by atoms with Crippen LogP contribution in [0.2, 0.25) is 0 Å². The number of carbonyl (C=O) groups excluding carboxylic acids is 2. The summed E-state index contributed by atoms with van der Waals surface area (Å²) in [5.74, 6) is -0.854. The second-order valence-electron chi connectivity index (χ2n) is 6.06. The van der Waals surface area contributed by atoms with E-state index in [9.17, 15) is 9.59 Å². The molecule has 1 heterocycles. The Morgan fingerprint density at radius 1 is 1.32 bits per heavy atom. The second-order valence-corrected chi connectivity index (χ2v) is 7.19. The van der Waals surface area contributed by atoms with E-state index in [1.54, 1.807) is 6.92 Å². The van der Waals surface area contributed by atoms with Gasteiger partial charge in [-0.25, -0.2) is 0 Å². The molecule has 0 radical (unpaired) electrons. The first-order valence-electron chi connectivity index (χ1n) is 7.69. The molecule has 0 aliphatic heterocycles. The van der Waals surface area contributed by atoms with Crippen molar-refractivity contribution in [2.45, 2.75) is 51.0 Å². The number of nitrogens with one attached hydrogen (secondary N) is 1. The van der Waals surface area contributed by atoms with Crippen molar-refractivity contribution in [3.63, 3.8) is 0 Å². The van der Waals surface area contributed by atoms with Crippen LogP contribution in [-0.2, 0) is 22.4 Å². The molecule has 1 unspecified atom stereocenters. The Morgan fingerprint density at radius 2 is 2.00 bits per heavy atom. The van der Waals surface area contributed by atoms with Crippen LogP contribution in [-0.4, -0.2) is 31.1 Å². The van der Waals surface area contributed by atoms with Crippen LogP contribution in [0.1, 0.15) is 52.7 Å². The molecule has 1 aliphatic carbocycles. The molecule has 0 saturated heterocycles. The minimum absolute atomic E-state index is 0.0547. The van der Waals surface area contributed by atoms with Crippen molar-refractivity contribution in [3.05, 3.63) is 21.4 Å². The van der Waals surface area contributed by atoms with Crippen molar-refractivity contribution in [2.75, 3.05) is 13.7 Å². The molecule has 0 saturated carbocycles. The van der Waals surface area contributed by atoms with Gasteiger partial charge in [-0.05, 0) is 44.2 Å². The molecule has 0 fully saturated rings. The smallest absolute Gasteiger partial charge is 0.262 e. The summed E-state index contributed by atoms with van der Waals surface area (Å²) < 4.78 is 5.01. The quantitative estimate of drug-likeness (QED) is 0.869. The monoisotopic (exact) mass is 324 g/mol. The number of hydrogen-bond acceptors (Lipinski definition) is 4. The lowest BCUT2D eigenvalue weighted by Gasteiger charge is -2.26. The lowest BCUT2D eigenvalue weighted by atomic mass is 9.99. The highest BCUT2D eigenvalue weighted by Crippen LogP contribution is 2.28. The topological polar surface area (TPSA) is 81.4 Å². The van der Waals surface area contributed by atoms with E-state index < -0.39 is 11.4 Å². The lowest BCUT2D eigenvalue weighted by molar-refractivity contribution is -0.125. The molecule has 2 rings (SSSR count). The van der Waals surface area contributed by atoms with Gasteiger partial charge in [0.1, 0.15) is 5.54 Å². The molecule has 5 nitrogen and oxygen atoms in total. The number of rotatable bonds is 5. The fourth-order valence-corrected chi connectivity index (χ4v) is 3.87. The predicted molar refractivity (Wildman–Crippen MR) is 87.1 cm³/mol. The molecule has 122 valence electrons. The summed E-state index contributed by atoms with van der Waals surface area (Å²) in [6, 6.07) is 1.97. The fourth-order valence-electron chi connectivity index (χ4n) is 2.73. The number of methoxy groups -OCH3 is 1. The van der Waals surface area contributed by atoms with Crippen LogP contribution in [0.3, 0.4) is 0 Å². The van der Waals surface area contributed by atoms with Crippen molar-refractivity contribution in [2.24, 2.45) is 5.73 Å². The van der Waals surface area contributed by atoms with Gasteiger partial charge in [0.25, 0.3) is 5.91 Å². The maximum Gasteiger partial charge on any atom is 0.262 e. The Kier molecular flexibility index (Phi) is 5.58. The van der Waals surface area contributed by atoms with Gasteiger partial charge in [-0.2, -0.15) is 0 Å². The Balaban J connectivity index is 2.15. The normalized spacial score (nSPS) is 17.7. The molecule has 2 amide bonds. The summed E-state index contributed by atoms with van der Waals surface area (Å²) in [7, 11) is 1.48. The number of fused-ring (bicyclic) bond motifs is 1. The van der Waals surface area contributed by atoms with E-state index in [0.29, 0.717) is 4.88 Å². The minimum Gasteiger partial charge on any atom is -0.382 e. The van der Waals surface area contributed by atoms with Gasteiger partial charge in [-0.1, -0.05) is 12.8 Å². The molecule has 1 atom stereocenters. The zero-order valence-electron chi connectivity index (χ0n) is 13.2. The van der Waals surface area contributed by atoms with Crippen LogP contribution >= 0.6 is 11.3 Å². The zero-order chi connectivity index (χ0) is 16.2. The summed E-state index contributed by atoms with van der Waals surface area (Å²) in [5.41, 5.74) is 5.48. The van der Waals surface area contributed by atoms with Gasteiger partial charge in [0.15, 0.2) is 0 Å². The summed E-state index contributed by atoms with van der Waals surface area (Å²) >= 11 is 1.53. The molecular formula is C16H24N2O3S. The van der Waals surface area contributed by atoms with E-state index in [0.717, 1.165) is 12.8 Å². The SMILES string of the molecule is COCC(C)(NC(=O)c1cc2c(s1)CCCCCC2)C(N)=O. The number of nitrogens with two attached hydrogens (primary N) is 1. The van der Waals surface area contributed by atoms with Crippen LogP contribution < -0.4 is 11.1 Å². The van der Waals surface area contributed by atoms with Crippen LogP contribution in [0.25, 0.3) is 0 Å². The van der Waals surface area contributed by atoms with Gasteiger partial charge in [0.05, 0.1) is 11.5 Å². The van der Waals surface area contributed by atoms with Crippen molar-refractivity contribution in [1.82, 2.24) is 5.32 Å². The van der Waals surface area contributed by atoms with E-state index in [4.69, 9.17) is 10.5 Å². The molecule has 0 spiro atoms. The molecule has 6 heteroatoms. The predicted octanol–water partition coefficient (Wildman–Crippen LogP) is 2.03. The minimum atomic E-state index is -1.19. The van der Waals surface area contributed by atoms with E-state index in [1.807, 2.05) is 6.07 Å². The zero-order valence-corrected chi connectivity index (χ0v) is 14.1. The first-order chi connectivity index (χ1) is 10.5. The summed E-state index contributed by atoms with van der Waals surface area (Å²) in [6.07, 6.45) is 6.93. The number of primary amides is 1. The third kappa shape index (κ3) is 3.87. The molecule has 22 heavy (non-hydrogen) atoms. The van der Waals surface area contributed by atoms with Crippen LogP contribution in [0.5, 0.6) is 0 Å². The van der Waals surface area contributed by atoms with Gasteiger partial charge in [-0.3, -0.25) is 9.59 Å². The highest BCUT2D eigenvalue weighted by atomic mass is 32.1. The number of carbonyl (C=O) groups is 2. The molecule has 0 bridgehead atoms. The maximum atomic E-state index is 12.5. The van der Waals surface area contributed by atoms with Gasteiger partial charge < -0.3 is 15.8 Å². The Morgan fingerprint density at radius 3 is 2.64 bits per heavy atom. The third-order valence-electron chi connectivity index (χ3n) is 4.09. The van der Waals surface area contributed by atoms with E-state index >= 15 is 0 Å². The number of ether oxygens (including phenoxy) is 1. The summed E-state index contributed by atoms with van der Waals surface area (Å²) in [4.78, 5) is 26.0. The van der Waals surface area contributed by atoms with Crippen LogP contribution in [0.4, 0.5) is 0 Å². The summed E-state index contributed by atoms with van der Waals surface area (Å²) in [5, 5.41) is 2.72. The standard InChI is InChI=1S/C16H24N2O3S/c1-16(10-21-2,15(17)20)18-14(19)13-9-11-7-5-3-4-6-8-12(11)22-13/h9H,3-8,10H2,1-2H3,(H2,17,20)(H,18,19). The molecular weight excluding hydrogens is 300 g/mol. The Hall–Kier alpha value is -1.40. The number of amides is 2. The van der Waals surface area contributed by atoms with Gasteiger partial charge >= 0.3 is 0 Å². The fraction of sp³-hybridized carbons (Fsp3) is 0.625. The average molecular weight is 324 g/mol. The molecule has 3 N–H and O–H groups in total. The van der Waals surface area contributed by atoms with Crippen molar-refractivity contribution < 1.29 is 14.3 Å². The highest BCUT2D eigenvalue weighted by molar-refractivity contribution is 7.14. The number of aryl methyl sites for hydroxylation is 2. The van der Waals surface area contributed by atoms with E-state index in [1.165, 1.54) is 54.6 Å². The molecule has 1 aromatic heterocycles. The van der Waals surface area contributed by atoms with Crippen LogP contribution in [0.15, 0.2) is 6.07 Å². The van der Waals surface area contributed by atoms with E-state index in [-0.39, 0.29) is 12.5 Å². The molecule has 1 aliphatic rings. The van der Waals surface area contributed by atoms with E-state index in [2.05, 4.69) is 5.32 Å². The lowest BCUT2D eigenvalue weighted by Crippen LogP contribution is -2.58. The largest absolute Gasteiger partial charge is 0.382 e. The molecule has 1 aromatic rings. The Bertz CT molecular complexity index is 530. The van der Waals surface area contributed by atoms with Gasteiger partial charge in [0.2, 0.25) is 5.91 Å². The van der Waals surface area contributed by atoms with Gasteiger partial charge in [0, 0.05) is 12.0 Å². The van der Waals surface area contributed by atoms with Gasteiger partial charge in [-0.15, -0.1) is 11.3 Å².